The number of hydrazine groups is 1. The van der Waals surface area contributed by atoms with Crippen LogP contribution in [0.15, 0.2) is 76.2 Å². The van der Waals surface area contributed by atoms with Gasteiger partial charge in [0.25, 0.3) is 11.8 Å². The fourth-order valence-electron chi connectivity index (χ4n) is 2.80. The van der Waals surface area contributed by atoms with E-state index in [1.54, 1.807) is 30.3 Å². The normalized spacial score (nSPS) is 11.2. The second-order valence-corrected chi connectivity index (χ2v) is 8.59. The van der Waals surface area contributed by atoms with Crippen LogP contribution in [0.4, 0.5) is 0 Å². The zero-order valence-electron chi connectivity index (χ0n) is 18.4. The van der Waals surface area contributed by atoms with Crippen LogP contribution in [-0.4, -0.2) is 34.5 Å². The van der Waals surface area contributed by atoms with Gasteiger partial charge in [-0.2, -0.15) is 0 Å². The van der Waals surface area contributed by atoms with Crippen LogP contribution >= 0.6 is 0 Å². The number of methoxy groups -OCH3 is 2. The van der Waals surface area contributed by atoms with Crippen LogP contribution in [0.25, 0.3) is 6.08 Å². The molecule has 178 valence electrons. The molecule has 0 fully saturated rings. The van der Waals surface area contributed by atoms with Gasteiger partial charge in [-0.05, 0) is 54.1 Å². The number of carbonyl (C=O) groups is 2. The molecule has 3 aromatic rings. The minimum atomic E-state index is -3.72. The quantitative estimate of drug-likeness (QED) is 0.312. The van der Waals surface area contributed by atoms with Crippen molar-refractivity contribution in [3.05, 3.63) is 83.8 Å². The second kappa shape index (κ2) is 11.2. The molecule has 34 heavy (non-hydrogen) atoms. The number of ether oxygens (including phenoxy) is 2. The van der Waals surface area contributed by atoms with Crippen LogP contribution in [0.5, 0.6) is 11.5 Å². The van der Waals surface area contributed by atoms with Gasteiger partial charge in [0.2, 0.25) is 10.0 Å². The summed E-state index contributed by atoms with van der Waals surface area (Å²) in [6, 6.07) is 13.8. The van der Waals surface area contributed by atoms with Crippen molar-refractivity contribution in [2.45, 2.75) is 11.4 Å². The summed E-state index contributed by atoms with van der Waals surface area (Å²) in [6.07, 6.45) is 4.14. The van der Waals surface area contributed by atoms with Crippen molar-refractivity contribution in [1.29, 1.82) is 0 Å². The number of sulfonamides is 1. The van der Waals surface area contributed by atoms with Gasteiger partial charge in [0.1, 0.15) is 5.76 Å². The average Bonchev–Trinajstić information content (AvgIpc) is 3.38. The highest BCUT2D eigenvalue weighted by atomic mass is 32.2. The number of nitrogens with one attached hydrogen (secondary N) is 3. The van der Waals surface area contributed by atoms with Gasteiger partial charge in [-0.1, -0.05) is 12.1 Å². The van der Waals surface area contributed by atoms with E-state index in [0.29, 0.717) is 22.8 Å². The fourth-order valence-corrected chi connectivity index (χ4v) is 3.80. The first-order valence-corrected chi connectivity index (χ1v) is 11.4. The number of benzene rings is 2. The van der Waals surface area contributed by atoms with Crippen LogP contribution < -0.4 is 25.0 Å². The molecule has 0 atom stereocenters. The molecule has 0 unspecified atom stereocenters. The molecule has 0 saturated heterocycles. The molecule has 10 nitrogen and oxygen atoms in total. The summed E-state index contributed by atoms with van der Waals surface area (Å²) in [5, 5.41) is 0. The van der Waals surface area contributed by atoms with Crippen molar-refractivity contribution in [3.63, 3.8) is 0 Å². The molecule has 3 N–H and O–H groups in total. The second-order valence-electron chi connectivity index (χ2n) is 6.82. The Morgan fingerprint density at radius 2 is 1.71 bits per heavy atom. The molecule has 1 aromatic heterocycles. The zero-order valence-corrected chi connectivity index (χ0v) is 19.2. The molecule has 11 heteroatoms. The Morgan fingerprint density at radius 1 is 0.971 bits per heavy atom. The van der Waals surface area contributed by atoms with Crippen LogP contribution in [0.2, 0.25) is 0 Å². The van der Waals surface area contributed by atoms with Crippen LogP contribution in [0, 0.1) is 0 Å². The van der Waals surface area contributed by atoms with Crippen molar-refractivity contribution >= 4 is 27.9 Å². The fraction of sp³-hybridized carbons (Fsp3) is 0.130. The van der Waals surface area contributed by atoms with E-state index in [9.17, 15) is 18.0 Å². The van der Waals surface area contributed by atoms with E-state index in [2.05, 4.69) is 15.6 Å². The highest BCUT2D eigenvalue weighted by Crippen LogP contribution is 2.27. The first-order chi connectivity index (χ1) is 16.3. The van der Waals surface area contributed by atoms with Crippen molar-refractivity contribution in [2.75, 3.05) is 14.2 Å². The van der Waals surface area contributed by atoms with E-state index < -0.39 is 21.8 Å². The summed E-state index contributed by atoms with van der Waals surface area (Å²) in [4.78, 5) is 24.3. The largest absolute Gasteiger partial charge is 0.493 e. The monoisotopic (exact) mass is 485 g/mol. The number of hydrogen-bond acceptors (Lipinski definition) is 7. The molecular formula is C23H23N3O7S. The van der Waals surface area contributed by atoms with Crippen LogP contribution in [-0.2, 0) is 21.4 Å². The van der Waals surface area contributed by atoms with Crippen molar-refractivity contribution in [2.24, 2.45) is 0 Å². The minimum absolute atomic E-state index is 0.0339. The first-order valence-electron chi connectivity index (χ1n) is 9.95. The molecule has 2 amide bonds. The van der Waals surface area contributed by atoms with Gasteiger partial charge >= 0.3 is 0 Å². The third-order valence-electron chi connectivity index (χ3n) is 4.58. The molecule has 0 spiro atoms. The zero-order chi connectivity index (χ0) is 24.6. The standard InChI is InChI=1S/C23H23N3O7S/c1-31-20-11-8-17(14-21(20)32-2)23(28)26-25-22(27)12-7-16-5-9-19(10-6-16)34(29,30)24-15-18-4-3-13-33-18/h3-14,24H,15H2,1-2H3,(H,25,27)(H,26,28)/b12-7+. The molecule has 0 bridgehead atoms. The molecule has 0 aliphatic heterocycles. The third-order valence-corrected chi connectivity index (χ3v) is 6.00. The maximum absolute atomic E-state index is 12.4. The molecule has 2 aromatic carbocycles. The summed E-state index contributed by atoms with van der Waals surface area (Å²) in [5.74, 6) is 0.221. The van der Waals surface area contributed by atoms with Gasteiger partial charge in [0.15, 0.2) is 11.5 Å². The highest BCUT2D eigenvalue weighted by molar-refractivity contribution is 7.89. The van der Waals surface area contributed by atoms with E-state index in [0.717, 1.165) is 0 Å². The van der Waals surface area contributed by atoms with E-state index in [1.165, 1.54) is 56.9 Å². The number of amides is 2. The lowest BCUT2D eigenvalue weighted by Gasteiger charge is -2.10. The lowest BCUT2D eigenvalue weighted by molar-refractivity contribution is -0.117. The molecule has 0 aliphatic rings. The Labute approximate surface area is 196 Å². The average molecular weight is 486 g/mol. The molecule has 1 heterocycles. The third kappa shape index (κ3) is 6.47. The number of hydrogen-bond donors (Lipinski definition) is 3. The highest BCUT2D eigenvalue weighted by Gasteiger charge is 2.14. The van der Waals surface area contributed by atoms with Gasteiger partial charge in [0, 0.05) is 11.6 Å². The van der Waals surface area contributed by atoms with Gasteiger partial charge in [0.05, 0.1) is 31.9 Å². The smallest absolute Gasteiger partial charge is 0.269 e. The Hall–Kier alpha value is -4.09. The minimum Gasteiger partial charge on any atom is -0.493 e. The number of rotatable bonds is 9. The summed E-state index contributed by atoms with van der Waals surface area (Å²) in [6.45, 7) is 0.0339. The van der Waals surface area contributed by atoms with Crippen LogP contribution in [0.3, 0.4) is 0 Å². The molecule has 0 saturated carbocycles. The summed E-state index contributed by atoms with van der Waals surface area (Å²) in [7, 11) is -0.784. The lowest BCUT2D eigenvalue weighted by Crippen LogP contribution is -2.40. The van der Waals surface area contributed by atoms with E-state index in [-0.39, 0.29) is 17.0 Å². The SMILES string of the molecule is COc1ccc(C(=O)NNC(=O)/C=C/c2ccc(S(=O)(=O)NCc3ccco3)cc2)cc1OC. The molecular weight excluding hydrogens is 462 g/mol. The van der Waals surface area contributed by atoms with Crippen molar-refractivity contribution in [1.82, 2.24) is 15.6 Å². The van der Waals surface area contributed by atoms with Gasteiger partial charge in [-0.15, -0.1) is 0 Å². The Morgan fingerprint density at radius 3 is 2.35 bits per heavy atom. The van der Waals surface area contributed by atoms with Crippen molar-refractivity contribution < 1.29 is 31.9 Å². The van der Waals surface area contributed by atoms with Crippen molar-refractivity contribution in [3.8, 4) is 11.5 Å². The lowest BCUT2D eigenvalue weighted by atomic mass is 10.2. The summed E-state index contributed by atoms with van der Waals surface area (Å²) < 4.78 is 42.5. The van der Waals surface area contributed by atoms with Gasteiger partial charge in [-0.3, -0.25) is 20.4 Å². The molecule has 0 radical (unpaired) electrons. The predicted octanol–water partition coefficient (Wildman–Crippen LogP) is 2.25. The topological polar surface area (TPSA) is 136 Å². The molecule has 0 aliphatic carbocycles. The van der Waals surface area contributed by atoms with Gasteiger partial charge in [-0.25, -0.2) is 13.1 Å². The van der Waals surface area contributed by atoms with Gasteiger partial charge < -0.3 is 13.9 Å². The maximum Gasteiger partial charge on any atom is 0.269 e. The Balaban J connectivity index is 1.53. The number of furan rings is 1. The number of carbonyl (C=O) groups excluding carboxylic acids is 2. The Bertz CT molecular complexity index is 1270. The predicted molar refractivity (Wildman–Crippen MR) is 123 cm³/mol. The maximum atomic E-state index is 12.4. The van der Waals surface area contributed by atoms with E-state index in [4.69, 9.17) is 13.9 Å². The summed E-state index contributed by atoms with van der Waals surface area (Å²) in [5.41, 5.74) is 5.42. The summed E-state index contributed by atoms with van der Waals surface area (Å²) >= 11 is 0. The van der Waals surface area contributed by atoms with E-state index >= 15 is 0 Å². The molecule has 3 rings (SSSR count). The van der Waals surface area contributed by atoms with Crippen LogP contribution in [0.1, 0.15) is 21.7 Å². The van der Waals surface area contributed by atoms with E-state index in [1.807, 2.05) is 0 Å². The Kier molecular flexibility index (Phi) is 8.06. The first kappa shape index (κ1) is 24.6.